The minimum atomic E-state index is -0.427. The molecule has 0 atom stereocenters. The topological polar surface area (TPSA) is 69.0 Å². The molecule has 0 spiro atoms. The van der Waals surface area contributed by atoms with Gasteiger partial charge in [0.15, 0.2) is 5.82 Å². The van der Waals surface area contributed by atoms with Gasteiger partial charge in [0.25, 0.3) is 5.91 Å². The lowest BCUT2D eigenvalue weighted by molar-refractivity contribution is 0.101. The number of methoxy groups -OCH3 is 1. The summed E-state index contributed by atoms with van der Waals surface area (Å²) in [7, 11) is 1.59. The fraction of sp³-hybridized carbons (Fsp3) is 0.125. The van der Waals surface area contributed by atoms with Crippen LogP contribution < -0.4 is 10.1 Å². The molecule has 0 bridgehead atoms. The van der Waals surface area contributed by atoms with Gasteiger partial charge in [0.2, 0.25) is 5.82 Å². The molecular formula is C24H21FN4O2. The molecule has 0 radical (unpaired) electrons. The minimum Gasteiger partial charge on any atom is -0.497 e. The molecule has 0 saturated carbocycles. The van der Waals surface area contributed by atoms with Gasteiger partial charge < -0.3 is 10.1 Å². The van der Waals surface area contributed by atoms with Gasteiger partial charge >= 0.3 is 0 Å². The Balaban J connectivity index is 1.75. The number of carbonyl (C=O) groups is 1. The van der Waals surface area contributed by atoms with E-state index in [1.54, 1.807) is 36.1 Å². The van der Waals surface area contributed by atoms with E-state index in [9.17, 15) is 9.18 Å². The van der Waals surface area contributed by atoms with Crippen LogP contribution >= 0.6 is 0 Å². The van der Waals surface area contributed by atoms with Gasteiger partial charge in [-0.05, 0) is 79.6 Å². The monoisotopic (exact) mass is 416 g/mol. The van der Waals surface area contributed by atoms with Crippen LogP contribution in [0.15, 0.2) is 66.7 Å². The Morgan fingerprint density at radius 1 is 1.00 bits per heavy atom. The van der Waals surface area contributed by atoms with E-state index in [0.29, 0.717) is 28.5 Å². The average Bonchev–Trinajstić information content (AvgIpc) is 3.23. The average molecular weight is 416 g/mol. The number of amides is 1. The summed E-state index contributed by atoms with van der Waals surface area (Å²) in [6.07, 6.45) is 0. The quantitative estimate of drug-likeness (QED) is 0.500. The molecule has 0 aliphatic rings. The molecule has 3 aromatic carbocycles. The lowest BCUT2D eigenvalue weighted by atomic mass is 10.1. The SMILES string of the molecule is COc1ccc(-n2nc(C(=O)Nc3cccc(C)c3C)nc2-c2ccc(F)cc2)cc1. The summed E-state index contributed by atoms with van der Waals surface area (Å²) in [5, 5.41) is 7.32. The number of hydrogen-bond acceptors (Lipinski definition) is 4. The third-order valence-corrected chi connectivity index (χ3v) is 5.08. The van der Waals surface area contributed by atoms with Gasteiger partial charge in [-0.25, -0.2) is 14.1 Å². The number of aryl methyl sites for hydroxylation is 1. The number of anilines is 1. The highest BCUT2D eigenvalue weighted by Crippen LogP contribution is 2.24. The number of rotatable bonds is 5. The number of hydrogen-bond donors (Lipinski definition) is 1. The summed E-state index contributed by atoms with van der Waals surface area (Å²) in [4.78, 5) is 17.4. The Morgan fingerprint density at radius 2 is 1.71 bits per heavy atom. The Morgan fingerprint density at radius 3 is 2.39 bits per heavy atom. The van der Waals surface area contributed by atoms with E-state index in [-0.39, 0.29) is 11.6 Å². The lowest BCUT2D eigenvalue weighted by Gasteiger charge is -2.08. The van der Waals surface area contributed by atoms with Crippen LogP contribution in [0.3, 0.4) is 0 Å². The van der Waals surface area contributed by atoms with Crippen LogP contribution in [-0.4, -0.2) is 27.8 Å². The zero-order valence-corrected chi connectivity index (χ0v) is 17.4. The smallest absolute Gasteiger partial charge is 0.295 e. The number of carbonyl (C=O) groups excluding carboxylic acids is 1. The molecule has 156 valence electrons. The summed E-state index contributed by atoms with van der Waals surface area (Å²) >= 11 is 0. The molecule has 0 fully saturated rings. The van der Waals surface area contributed by atoms with Gasteiger partial charge in [0.05, 0.1) is 12.8 Å². The Kier molecular flexibility index (Phi) is 5.49. The van der Waals surface area contributed by atoms with Crippen LogP contribution in [0.1, 0.15) is 21.7 Å². The van der Waals surface area contributed by atoms with Crippen molar-refractivity contribution in [1.82, 2.24) is 14.8 Å². The molecule has 6 nitrogen and oxygen atoms in total. The second-order valence-corrected chi connectivity index (χ2v) is 7.08. The highest BCUT2D eigenvalue weighted by Gasteiger charge is 2.20. The summed E-state index contributed by atoms with van der Waals surface area (Å²) in [6, 6.07) is 18.8. The van der Waals surface area contributed by atoms with E-state index in [4.69, 9.17) is 4.74 Å². The van der Waals surface area contributed by atoms with E-state index >= 15 is 0 Å². The molecule has 0 saturated heterocycles. The summed E-state index contributed by atoms with van der Waals surface area (Å²) in [5.74, 6) is 0.351. The summed E-state index contributed by atoms with van der Waals surface area (Å²) in [5.41, 5.74) is 4.08. The number of aromatic nitrogens is 3. The predicted molar refractivity (Wildman–Crippen MR) is 117 cm³/mol. The lowest BCUT2D eigenvalue weighted by Crippen LogP contribution is -2.15. The van der Waals surface area contributed by atoms with Crippen LogP contribution in [0, 0.1) is 19.7 Å². The van der Waals surface area contributed by atoms with E-state index in [1.807, 2.05) is 44.2 Å². The Labute approximate surface area is 179 Å². The molecule has 1 N–H and O–H groups in total. The fourth-order valence-electron chi connectivity index (χ4n) is 3.16. The standard InChI is InChI=1S/C24H21FN4O2/c1-15-5-4-6-21(16(15)2)26-24(30)22-27-23(17-7-9-18(25)10-8-17)29(28-22)19-11-13-20(31-3)14-12-19/h4-14H,1-3H3,(H,26,30). The van der Waals surface area contributed by atoms with E-state index < -0.39 is 5.91 Å². The van der Waals surface area contributed by atoms with Gasteiger partial charge in [-0.15, -0.1) is 5.10 Å². The van der Waals surface area contributed by atoms with Gasteiger partial charge in [0, 0.05) is 11.3 Å². The third-order valence-electron chi connectivity index (χ3n) is 5.08. The van der Waals surface area contributed by atoms with E-state index in [0.717, 1.165) is 11.1 Å². The summed E-state index contributed by atoms with van der Waals surface area (Å²) < 4.78 is 20.2. The molecule has 4 rings (SSSR count). The molecule has 31 heavy (non-hydrogen) atoms. The first-order chi connectivity index (χ1) is 15.0. The zero-order chi connectivity index (χ0) is 22.0. The molecule has 4 aromatic rings. The fourth-order valence-corrected chi connectivity index (χ4v) is 3.16. The first-order valence-corrected chi connectivity index (χ1v) is 9.71. The van der Waals surface area contributed by atoms with Crippen molar-refractivity contribution in [2.45, 2.75) is 13.8 Å². The number of nitrogens with one attached hydrogen (secondary N) is 1. The molecule has 1 amide bonds. The van der Waals surface area contributed by atoms with Crippen LogP contribution in [0.5, 0.6) is 5.75 Å². The highest BCUT2D eigenvalue weighted by molar-refractivity contribution is 6.02. The predicted octanol–water partition coefficient (Wildman–Crippen LogP) is 4.95. The molecule has 7 heteroatoms. The highest BCUT2D eigenvalue weighted by atomic mass is 19.1. The molecule has 1 heterocycles. The van der Waals surface area contributed by atoms with Crippen LogP contribution in [0.25, 0.3) is 17.1 Å². The van der Waals surface area contributed by atoms with Crippen molar-refractivity contribution in [3.05, 3.63) is 89.5 Å². The van der Waals surface area contributed by atoms with Crippen molar-refractivity contribution in [1.29, 1.82) is 0 Å². The number of halogens is 1. The first kappa shape index (κ1) is 20.3. The van der Waals surface area contributed by atoms with Crippen LogP contribution in [0.4, 0.5) is 10.1 Å². The van der Waals surface area contributed by atoms with Crippen molar-refractivity contribution >= 4 is 11.6 Å². The van der Waals surface area contributed by atoms with Crippen molar-refractivity contribution in [3.8, 4) is 22.8 Å². The van der Waals surface area contributed by atoms with Gasteiger partial charge in [-0.2, -0.15) is 0 Å². The Bertz CT molecular complexity index is 1230. The zero-order valence-electron chi connectivity index (χ0n) is 17.4. The maximum atomic E-state index is 13.4. The number of nitrogens with zero attached hydrogens (tertiary/aromatic N) is 3. The molecule has 0 unspecified atom stereocenters. The van der Waals surface area contributed by atoms with Crippen molar-refractivity contribution in [2.24, 2.45) is 0 Å². The molecular weight excluding hydrogens is 395 g/mol. The van der Waals surface area contributed by atoms with Gasteiger partial charge in [0.1, 0.15) is 11.6 Å². The second kappa shape index (κ2) is 8.39. The van der Waals surface area contributed by atoms with E-state index in [2.05, 4.69) is 15.4 Å². The normalized spacial score (nSPS) is 10.7. The van der Waals surface area contributed by atoms with Crippen molar-refractivity contribution < 1.29 is 13.9 Å². The van der Waals surface area contributed by atoms with E-state index in [1.165, 1.54) is 12.1 Å². The maximum absolute atomic E-state index is 13.4. The van der Waals surface area contributed by atoms with Crippen molar-refractivity contribution in [3.63, 3.8) is 0 Å². The maximum Gasteiger partial charge on any atom is 0.295 e. The van der Waals surface area contributed by atoms with Crippen LogP contribution in [-0.2, 0) is 0 Å². The van der Waals surface area contributed by atoms with Crippen LogP contribution in [0.2, 0.25) is 0 Å². The first-order valence-electron chi connectivity index (χ1n) is 9.71. The second-order valence-electron chi connectivity index (χ2n) is 7.08. The van der Waals surface area contributed by atoms with Gasteiger partial charge in [-0.1, -0.05) is 12.1 Å². The number of ether oxygens (including phenoxy) is 1. The third kappa shape index (κ3) is 4.16. The largest absolute Gasteiger partial charge is 0.497 e. The minimum absolute atomic E-state index is 0.0102. The van der Waals surface area contributed by atoms with Gasteiger partial charge in [-0.3, -0.25) is 4.79 Å². The number of benzene rings is 3. The molecule has 0 aliphatic carbocycles. The molecule has 1 aromatic heterocycles. The Hall–Kier alpha value is -4.00. The summed E-state index contributed by atoms with van der Waals surface area (Å²) in [6.45, 7) is 3.92. The van der Waals surface area contributed by atoms with Crippen molar-refractivity contribution in [2.75, 3.05) is 12.4 Å². The molecule has 0 aliphatic heterocycles.